The normalized spacial score (nSPS) is 21.2. The summed E-state index contributed by atoms with van der Waals surface area (Å²) in [5, 5.41) is 19.5. The zero-order valence-electron chi connectivity index (χ0n) is 12.4. The van der Waals surface area contributed by atoms with Crippen molar-refractivity contribution in [2.75, 3.05) is 19.6 Å². The van der Waals surface area contributed by atoms with Crippen molar-refractivity contribution in [3.8, 4) is 0 Å². The van der Waals surface area contributed by atoms with Crippen LogP contribution in [0.4, 0.5) is 8.78 Å². The SMILES string of the molecule is CC(=O)N[C@@H](Cc1cc(F)cc(F)c1)[C@@H](O)[C@H]1CNCCN1. The lowest BCUT2D eigenvalue weighted by molar-refractivity contribution is -0.120. The molecule has 1 fully saturated rings. The van der Waals surface area contributed by atoms with Crippen LogP contribution in [0.5, 0.6) is 0 Å². The predicted octanol–water partition coefficient (Wildman–Crippen LogP) is -0.0657. The minimum Gasteiger partial charge on any atom is -0.389 e. The molecule has 0 unspecified atom stereocenters. The van der Waals surface area contributed by atoms with Crippen molar-refractivity contribution < 1.29 is 18.7 Å². The van der Waals surface area contributed by atoms with Crippen molar-refractivity contribution in [1.82, 2.24) is 16.0 Å². The van der Waals surface area contributed by atoms with Gasteiger partial charge < -0.3 is 21.1 Å². The second-order valence-electron chi connectivity index (χ2n) is 5.54. The smallest absolute Gasteiger partial charge is 0.217 e. The molecule has 1 aliphatic heterocycles. The zero-order valence-corrected chi connectivity index (χ0v) is 12.4. The first-order valence-corrected chi connectivity index (χ1v) is 7.30. The van der Waals surface area contributed by atoms with Gasteiger partial charge in [0.1, 0.15) is 11.6 Å². The molecule has 0 saturated carbocycles. The van der Waals surface area contributed by atoms with Gasteiger partial charge in [-0.3, -0.25) is 4.79 Å². The molecule has 1 aromatic rings. The number of nitrogens with one attached hydrogen (secondary N) is 3. The van der Waals surface area contributed by atoms with Gasteiger partial charge in [0.05, 0.1) is 12.1 Å². The highest BCUT2D eigenvalue weighted by Crippen LogP contribution is 2.13. The summed E-state index contributed by atoms with van der Waals surface area (Å²) in [6.07, 6.45) is -0.726. The Hall–Kier alpha value is -1.57. The Morgan fingerprint density at radius 1 is 1.36 bits per heavy atom. The molecule has 5 nitrogen and oxygen atoms in total. The molecule has 0 radical (unpaired) electrons. The van der Waals surface area contributed by atoms with E-state index in [2.05, 4.69) is 16.0 Å². The molecule has 1 amide bonds. The van der Waals surface area contributed by atoms with Crippen molar-refractivity contribution in [2.24, 2.45) is 0 Å². The molecule has 2 rings (SSSR count). The molecule has 0 aliphatic carbocycles. The van der Waals surface area contributed by atoms with Crippen molar-refractivity contribution in [3.05, 3.63) is 35.4 Å². The molecule has 4 N–H and O–H groups in total. The topological polar surface area (TPSA) is 73.4 Å². The number of aliphatic hydroxyl groups is 1. The number of benzene rings is 1. The van der Waals surface area contributed by atoms with E-state index >= 15 is 0 Å². The van der Waals surface area contributed by atoms with Crippen LogP contribution in [-0.2, 0) is 11.2 Å². The largest absolute Gasteiger partial charge is 0.389 e. The zero-order chi connectivity index (χ0) is 16.1. The van der Waals surface area contributed by atoms with E-state index < -0.39 is 23.8 Å². The fourth-order valence-electron chi connectivity index (χ4n) is 2.70. The summed E-state index contributed by atoms with van der Waals surface area (Å²) in [5.74, 6) is -1.66. The van der Waals surface area contributed by atoms with Crippen molar-refractivity contribution >= 4 is 5.91 Å². The van der Waals surface area contributed by atoms with Crippen molar-refractivity contribution in [2.45, 2.75) is 31.5 Å². The molecule has 0 bridgehead atoms. The third kappa shape index (κ3) is 4.72. The number of carbonyl (C=O) groups is 1. The summed E-state index contributed by atoms with van der Waals surface area (Å²) >= 11 is 0. The van der Waals surface area contributed by atoms with Gasteiger partial charge in [-0.25, -0.2) is 8.78 Å². The van der Waals surface area contributed by atoms with E-state index in [-0.39, 0.29) is 18.4 Å². The number of aliphatic hydroxyl groups excluding tert-OH is 1. The number of hydrogen-bond acceptors (Lipinski definition) is 4. The van der Waals surface area contributed by atoms with Gasteiger partial charge in [0.2, 0.25) is 5.91 Å². The Bertz CT molecular complexity index is 501. The van der Waals surface area contributed by atoms with Gasteiger partial charge in [0.25, 0.3) is 0 Å². The number of carbonyl (C=O) groups excluding carboxylic acids is 1. The minimum atomic E-state index is -0.872. The Balaban J connectivity index is 2.12. The first-order chi connectivity index (χ1) is 10.5. The maximum atomic E-state index is 13.3. The van der Waals surface area contributed by atoms with Crippen LogP contribution in [0.1, 0.15) is 12.5 Å². The van der Waals surface area contributed by atoms with Gasteiger partial charge in [0, 0.05) is 38.7 Å². The van der Waals surface area contributed by atoms with Crippen LogP contribution in [0.2, 0.25) is 0 Å². The number of amides is 1. The first kappa shape index (κ1) is 16.8. The van der Waals surface area contributed by atoms with E-state index in [4.69, 9.17) is 0 Å². The van der Waals surface area contributed by atoms with Crippen LogP contribution >= 0.6 is 0 Å². The van der Waals surface area contributed by atoms with Crippen molar-refractivity contribution in [1.29, 1.82) is 0 Å². The van der Waals surface area contributed by atoms with Gasteiger partial charge in [-0.2, -0.15) is 0 Å². The van der Waals surface area contributed by atoms with Gasteiger partial charge in [-0.15, -0.1) is 0 Å². The van der Waals surface area contributed by atoms with Crippen molar-refractivity contribution in [3.63, 3.8) is 0 Å². The quantitative estimate of drug-likeness (QED) is 0.614. The van der Waals surface area contributed by atoms with Gasteiger partial charge in [-0.1, -0.05) is 0 Å². The summed E-state index contributed by atoms with van der Waals surface area (Å²) in [5.41, 5.74) is 0.388. The molecule has 7 heteroatoms. The number of hydrogen-bond donors (Lipinski definition) is 4. The lowest BCUT2D eigenvalue weighted by Gasteiger charge is -2.34. The predicted molar refractivity (Wildman–Crippen MR) is 78.3 cm³/mol. The van der Waals surface area contributed by atoms with Crippen LogP contribution in [0, 0.1) is 11.6 Å². The molecule has 0 spiro atoms. The average molecular weight is 313 g/mol. The molecule has 22 heavy (non-hydrogen) atoms. The summed E-state index contributed by atoms with van der Waals surface area (Å²) in [7, 11) is 0. The third-order valence-electron chi connectivity index (χ3n) is 3.66. The summed E-state index contributed by atoms with van der Waals surface area (Å²) in [6.45, 7) is 3.43. The highest BCUT2D eigenvalue weighted by Gasteiger charge is 2.29. The molecule has 1 heterocycles. The monoisotopic (exact) mass is 313 g/mol. The highest BCUT2D eigenvalue weighted by atomic mass is 19.1. The molecular formula is C15H21F2N3O2. The molecule has 0 aromatic heterocycles. The lowest BCUT2D eigenvalue weighted by Crippen LogP contribution is -2.60. The number of halogens is 2. The Labute approximate surface area is 128 Å². The molecule has 122 valence electrons. The van der Waals surface area contributed by atoms with E-state index in [1.54, 1.807) is 0 Å². The third-order valence-corrected chi connectivity index (χ3v) is 3.66. The maximum Gasteiger partial charge on any atom is 0.217 e. The molecule has 1 aromatic carbocycles. The Morgan fingerprint density at radius 2 is 2.05 bits per heavy atom. The van der Waals surface area contributed by atoms with Gasteiger partial charge >= 0.3 is 0 Å². The van der Waals surface area contributed by atoms with Crippen LogP contribution in [0.25, 0.3) is 0 Å². The summed E-state index contributed by atoms with van der Waals surface area (Å²) in [4.78, 5) is 11.4. The van der Waals surface area contributed by atoms with Crippen LogP contribution < -0.4 is 16.0 Å². The second kappa shape index (κ2) is 7.62. The first-order valence-electron chi connectivity index (χ1n) is 7.30. The summed E-state index contributed by atoms with van der Waals surface area (Å²) < 4.78 is 26.6. The van der Waals surface area contributed by atoms with E-state index in [1.807, 2.05) is 0 Å². The van der Waals surface area contributed by atoms with Gasteiger partial charge in [0.15, 0.2) is 0 Å². The second-order valence-corrected chi connectivity index (χ2v) is 5.54. The van der Waals surface area contributed by atoms with E-state index in [0.29, 0.717) is 18.7 Å². The van der Waals surface area contributed by atoms with Crippen LogP contribution in [0.3, 0.4) is 0 Å². The molecular weight excluding hydrogens is 292 g/mol. The van der Waals surface area contributed by atoms with E-state index in [9.17, 15) is 18.7 Å². The van der Waals surface area contributed by atoms with Crippen LogP contribution in [0.15, 0.2) is 18.2 Å². The standard InChI is InChI=1S/C15H21F2N3O2/c1-9(21)20-13(15(22)14-8-18-2-3-19-14)6-10-4-11(16)7-12(17)5-10/h4-5,7,13-15,18-19,22H,2-3,6,8H2,1H3,(H,20,21)/t13-,14+,15+/m0/s1. The fraction of sp³-hybridized carbons (Fsp3) is 0.533. The lowest BCUT2D eigenvalue weighted by atomic mass is 9.95. The molecule has 1 aliphatic rings. The van der Waals surface area contributed by atoms with E-state index in [0.717, 1.165) is 12.6 Å². The number of rotatable bonds is 5. The summed E-state index contributed by atoms with van der Waals surface area (Å²) in [6, 6.07) is 2.34. The van der Waals surface area contributed by atoms with Crippen LogP contribution in [-0.4, -0.2) is 48.8 Å². The van der Waals surface area contributed by atoms with Gasteiger partial charge in [-0.05, 0) is 24.1 Å². The molecule has 1 saturated heterocycles. The Morgan fingerprint density at radius 3 is 2.59 bits per heavy atom. The Kier molecular flexibility index (Phi) is 5.82. The fourth-order valence-corrected chi connectivity index (χ4v) is 2.70. The minimum absolute atomic E-state index is 0.146. The number of piperazine rings is 1. The molecule has 3 atom stereocenters. The highest BCUT2D eigenvalue weighted by molar-refractivity contribution is 5.73. The average Bonchev–Trinajstić information content (AvgIpc) is 2.45. The van der Waals surface area contributed by atoms with E-state index in [1.165, 1.54) is 19.1 Å². The maximum absolute atomic E-state index is 13.3.